The summed E-state index contributed by atoms with van der Waals surface area (Å²) >= 11 is 0. The fraction of sp³-hybridized carbons (Fsp3) is 0.455. The summed E-state index contributed by atoms with van der Waals surface area (Å²) in [5.41, 5.74) is 6.80. The zero-order chi connectivity index (χ0) is 10.9. The van der Waals surface area contributed by atoms with E-state index >= 15 is 0 Å². The highest BCUT2D eigenvalue weighted by atomic mass is 16.1. The predicted molar refractivity (Wildman–Crippen MR) is 58.3 cm³/mol. The molecule has 0 saturated heterocycles. The summed E-state index contributed by atoms with van der Waals surface area (Å²) in [6.07, 6.45) is 3.89. The maximum atomic E-state index is 11.6. The molecule has 1 amide bonds. The molecule has 2 rings (SSSR count). The van der Waals surface area contributed by atoms with Crippen LogP contribution in [0.15, 0.2) is 18.3 Å². The van der Waals surface area contributed by atoms with Gasteiger partial charge in [0, 0.05) is 6.54 Å². The van der Waals surface area contributed by atoms with Crippen LogP contribution in [0.3, 0.4) is 0 Å². The Kier molecular flexibility index (Phi) is 2.34. The molecule has 0 bridgehead atoms. The summed E-state index contributed by atoms with van der Waals surface area (Å²) in [5, 5.41) is 2.88. The van der Waals surface area contributed by atoms with Gasteiger partial charge in [0.2, 0.25) is 0 Å². The summed E-state index contributed by atoms with van der Waals surface area (Å²) < 4.78 is 0. The molecule has 1 aliphatic carbocycles. The van der Waals surface area contributed by atoms with Crippen LogP contribution in [0.2, 0.25) is 0 Å². The summed E-state index contributed by atoms with van der Waals surface area (Å²) in [6, 6.07) is 3.32. The molecule has 1 fully saturated rings. The third-order valence-electron chi connectivity index (χ3n) is 2.80. The molecule has 1 aromatic rings. The van der Waals surface area contributed by atoms with E-state index in [1.54, 1.807) is 12.1 Å². The van der Waals surface area contributed by atoms with Crippen LogP contribution in [0.5, 0.6) is 0 Å². The lowest BCUT2D eigenvalue weighted by molar-refractivity contribution is 0.0941. The van der Waals surface area contributed by atoms with Crippen LogP contribution in [-0.4, -0.2) is 17.4 Å². The highest BCUT2D eigenvalue weighted by Crippen LogP contribution is 2.44. The van der Waals surface area contributed by atoms with Crippen molar-refractivity contribution >= 4 is 11.6 Å². The average Bonchev–Trinajstić information content (AvgIpc) is 2.95. The SMILES string of the molecule is CC1(CNC(=O)c2ccc(N)cn2)CC1. The Hall–Kier alpha value is -1.58. The molecule has 4 nitrogen and oxygen atoms in total. The van der Waals surface area contributed by atoms with Gasteiger partial charge < -0.3 is 11.1 Å². The molecule has 0 aromatic carbocycles. The van der Waals surface area contributed by atoms with Gasteiger partial charge in [-0.2, -0.15) is 0 Å². The fourth-order valence-electron chi connectivity index (χ4n) is 1.31. The van der Waals surface area contributed by atoms with Crippen LogP contribution in [0.4, 0.5) is 5.69 Å². The van der Waals surface area contributed by atoms with Crippen molar-refractivity contribution in [2.75, 3.05) is 12.3 Å². The van der Waals surface area contributed by atoms with Crippen molar-refractivity contribution in [2.24, 2.45) is 5.41 Å². The van der Waals surface area contributed by atoms with E-state index in [0.717, 1.165) is 6.54 Å². The number of carbonyl (C=O) groups excluding carboxylic acids is 1. The molecule has 80 valence electrons. The van der Waals surface area contributed by atoms with Gasteiger partial charge in [0.15, 0.2) is 0 Å². The van der Waals surface area contributed by atoms with Crippen molar-refractivity contribution in [1.29, 1.82) is 0 Å². The van der Waals surface area contributed by atoms with Crippen molar-refractivity contribution < 1.29 is 4.79 Å². The summed E-state index contributed by atoms with van der Waals surface area (Å²) in [4.78, 5) is 15.6. The Morgan fingerprint density at radius 3 is 2.87 bits per heavy atom. The lowest BCUT2D eigenvalue weighted by Gasteiger charge is -2.09. The minimum atomic E-state index is -0.122. The van der Waals surface area contributed by atoms with Gasteiger partial charge in [-0.15, -0.1) is 0 Å². The molecule has 1 saturated carbocycles. The predicted octanol–water partition coefficient (Wildman–Crippen LogP) is 1.19. The standard InChI is InChI=1S/C11H15N3O/c1-11(4-5-11)7-14-10(15)9-3-2-8(12)6-13-9/h2-3,6H,4-5,7,12H2,1H3,(H,14,15). The largest absolute Gasteiger partial charge is 0.397 e. The van der Waals surface area contributed by atoms with Crippen molar-refractivity contribution in [3.8, 4) is 0 Å². The number of nitrogens with two attached hydrogens (primary N) is 1. The lowest BCUT2D eigenvalue weighted by Crippen LogP contribution is -2.29. The number of anilines is 1. The number of rotatable bonds is 3. The molecule has 0 aliphatic heterocycles. The third kappa shape index (κ3) is 2.46. The van der Waals surface area contributed by atoms with Crippen LogP contribution in [0.1, 0.15) is 30.3 Å². The number of hydrogen-bond acceptors (Lipinski definition) is 3. The number of amides is 1. The lowest BCUT2D eigenvalue weighted by atomic mass is 10.1. The van der Waals surface area contributed by atoms with Crippen LogP contribution < -0.4 is 11.1 Å². The van der Waals surface area contributed by atoms with Crippen molar-refractivity contribution in [3.05, 3.63) is 24.0 Å². The van der Waals surface area contributed by atoms with Gasteiger partial charge in [-0.25, -0.2) is 4.98 Å². The number of aromatic nitrogens is 1. The van der Waals surface area contributed by atoms with Gasteiger partial charge in [0.25, 0.3) is 5.91 Å². The molecule has 1 heterocycles. The molecule has 0 atom stereocenters. The van der Waals surface area contributed by atoms with Gasteiger partial charge in [0.05, 0.1) is 11.9 Å². The first kappa shape index (κ1) is 9.96. The first-order valence-electron chi connectivity index (χ1n) is 5.09. The Bertz CT molecular complexity index is 368. The minimum absolute atomic E-state index is 0.122. The maximum absolute atomic E-state index is 11.6. The van der Waals surface area contributed by atoms with Gasteiger partial charge in [-0.05, 0) is 30.4 Å². The van der Waals surface area contributed by atoms with Gasteiger partial charge in [0.1, 0.15) is 5.69 Å². The molecule has 4 heteroatoms. The van der Waals surface area contributed by atoms with Crippen molar-refractivity contribution in [3.63, 3.8) is 0 Å². The first-order valence-corrected chi connectivity index (χ1v) is 5.09. The summed E-state index contributed by atoms with van der Waals surface area (Å²) in [6.45, 7) is 2.90. The minimum Gasteiger partial charge on any atom is -0.397 e. The number of nitrogens with zero attached hydrogens (tertiary/aromatic N) is 1. The zero-order valence-corrected chi connectivity index (χ0v) is 8.79. The maximum Gasteiger partial charge on any atom is 0.269 e. The van der Waals surface area contributed by atoms with E-state index < -0.39 is 0 Å². The third-order valence-corrected chi connectivity index (χ3v) is 2.80. The second-order valence-corrected chi connectivity index (χ2v) is 4.47. The smallest absolute Gasteiger partial charge is 0.269 e. The molecule has 15 heavy (non-hydrogen) atoms. The fourth-order valence-corrected chi connectivity index (χ4v) is 1.31. The highest BCUT2D eigenvalue weighted by Gasteiger charge is 2.37. The normalized spacial score (nSPS) is 17.1. The Morgan fingerprint density at radius 1 is 1.60 bits per heavy atom. The average molecular weight is 205 g/mol. The Morgan fingerprint density at radius 2 is 2.33 bits per heavy atom. The number of hydrogen-bond donors (Lipinski definition) is 2. The van der Waals surface area contributed by atoms with Gasteiger partial charge in [-0.3, -0.25) is 4.79 Å². The summed E-state index contributed by atoms with van der Waals surface area (Å²) in [5.74, 6) is -0.122. The molecular formula is C11H15N3O. The van der Waals surface area contributed by atoms with E-state index in [1.807, 2.05) is 0 Å². The van der Waals surface area contributed by atoms with E-state index in [0.29, 0.717) is 16.8 Å². The van der Waals surface area contributed by atoms with Crippen LogP contribution in [-0.2, 0) is 0 Å². The topological polar surface area (TPSA) is 68.0 Å². The molecule has 0 radical (unpaired) electrons. The van der Waals surface area contributed by atoms with E-state index in [1.165, 1.54) is 19.0 Å². The van der Waals surface area contributed by atoms with E-state index in [4.69, 9.17) is 5.73 Å². The molecule has 1 aromatic heterocycles. The Balaban J connectivity index is 1.92. The molecule has 0 unspecified atom stereocenters. The van der Waals surface area contributed by atoms with Crippen molar-refractivity contribution in [1.82, 2.24) is 10.3 Å². The second-order valence-electron chi connectivity index (χ2n) is 4.47. The van der Waals surface area contributed by atoms with Crippen LogP contribution in [0.25, 0.3) is 0 Å². The Labute approximate surface area is 88.9 Å². The number of pyridine rings is 1. The van der Waals surface area contributed by atoms with E-state index in [-0.39, 0.29) is 5.91 Å². The van der Waals surface area contributed by atoms with Gasteiger partial charge >= 0.3 is 0 Å². The molecule has 3 N–H and O–H groups in total. The number of nitrogen functional groups attached to an aromatic ring is 1. The second kappa shape index (κ2) is 3.53. The van der Waals surface area contributed by atoms with E-state index in [2.05, 4.69) is 17.2 Å². The molecule has 1 aliphatic rings. The van der Waals surface area contributed by atoms with Crippen LogP contribution >= 0.6 is 0 Å². The molecular weight excluding hydrogens is 190 g/mol. The van der Waals surface area contributed by atoms with Crippen LogP contribution in [0, 0.1) is 5.41 Å². The van der Waals surface area contributed by atoms with E-state index in [9.17, 15) is 4.79 Å². The first-order chi connectivity index (χ1) is 7.09. The zero-order valence-electron chi connectivity index (χ0n) is 8.79. The number of nitrogens with one attached hydrogen (secondary N) is 1. The number of carbonyl (C=O) groups is 1. The monoisotopic (exact) mass is 205 g/mol. The molecule has 0 spiro atoms. The quantitative estimate of drug-likeness (QED) is 0.779. The summed E-state index contributed by atoms with van der Waals surface area (Å²) in [7, 11) is 0. The van der Waals surface area contributed by atoms with Gasteiger partial charge in [-0.1, -0.05) is 6.92 Å². The van der Waals surface area contributed by atoms with Crippen molar-refractivity contribution in [2.45, 2.75) is 19.8 Å². The highest BCUT2D eigenvalue weighted by molar-refractivity contribution is 5.92.